The van der Waals surface area contributed by atoms with Crippen molar-refractivity contribution in [2.24, 2.45) is 7.05 Å². The van der Waals surface area contributed by atoms with E-state index in [1.807, 2.05) is 30.1 Å². The second-order valence-corrected chi connectivity index (χ2v) is 3.87. The van der Waals surface area contributed by atoms with Gasteiger partial charge < -0.3 is 0 Å². The maximum absolute atomic E-state index is 4.40. The van der Waals surface area contributed by atoms with Gasteiger partial charge in [0.15, 0.2) is 0 Å². The third-order valence-electron chi connectivity index (χ3n) is 2.55. The summed E-state index contributed by atoms with van der Waals surface area (Å²) in [5.74, 6) is 1.01. The van der Waals surface area contributed by atoms with Crippen LogP contribution in [0, 0.1) is 13.8 Å². The van der Waals surface area contributed by atoms with Crippen LogP contribution < -0.4 is 4.57 Å². The predicted molar refractivity (Wildman–Crippen MR) is 60.3 cm³/mol. The van der Waals surface area contributed by atoms with Gasteiger partial charge in [0, 0.05) is 6.07 Å². The quantitative estimate of drug-likeness (QED) is 0.643. The zero-order chi connectivity index (χ0) is 10.8. The van der Waals surface area contributed by atoms with Crippen LogP contribution in [0.2, 0.25) is 0 Å². The second kappa shape index (κ2) is 3.81. The molecule has 2 rings (SSSR count). The molecule has 0 spiro atoms. The number of aromatic nitrogens is 2. The van der Waals surface area contributed by atoms with Crippen molar-refractivity contribution in [1.29, 1.82) is 0 Å². The molecule has 0 radical (unpaired) electrons. The Labute approximate surface area is 90.2 Å². The molecule has 2 aromatic rings. The normalized spacial score (nSPS) is 10.3. The lowest BCUT2D eigenvalue weighted by Crippen LogP contribution is -2.31. The zero-order valence-electron chi connectivity index (χ0n) is 9.36. The minimum Gasteiger partial charge on any atom is -0.233 e. The molecule has 0 aliphatic heterocycles. The van der Waals surface area contributed by atoms with Gasteiger partial charge in [0.05, 0.1) is 18.8 Å². The highest BCUT2D eigenvalue weighted by Crippen LogP contribution is 2.18. The topological polar surface area (TPSA) is 16.8 Å². The molecule has 0 saturated carbocycles. The fraction of sp³-hybridized carbons (Fsp3) is 0.231. The highest BCUT2D eigenvalue weighted by Gasteiger charge is 2.13. The molecule has 76 valence electrons. The molecule has 0 bridgehead atoms. The molecule has 0 atom stereocenters. The van der Waals surface area contributed by atoms with Gasteiger partial charge in [0.25, 0.3) is 0 Å². The van der Waals surface area contributed by atoms with E-state index >= 15 is 0 Å². The first-order valence-electron chi connectivity index (χ1n) is 5.07. The Morgan fingerprint density at radius 1 is 1.20 bits per heavy atom. The lowest BCUT2D eigenvalue weighted by atomic mass is 10.1. The number of hydrogen-bond donors (Lipinski definition) is 0. The summed E-state index contributed by atoms with van der Waals surface area (Å²) in [6.07, 6.45) is 3.84. The van der Waals surface area contributed by atoms with Gasteiger partial charge in [-0.25, -0.2) is 4.57 Å². The average molecular weight is 199 g/mol. The van der Waals surface area contributed by atoms with Crippen molar-refractivity contribution >= 4 is 0 Å². The van der Waals surface area contributed by atoms with Crippen molar-refractivity contribution in [3.63, 3.8) is 0 Å². The van der Waals surface area contributed by atoms with E-state index < -0.39 is 0 Å². The Morgan fingerprint density at radius 3 is 2.67 bits per heavy atom. The molecule has 1 aromatic carbocycles. The van der Waals surface area contributed by atoms with Crippen LogP contribution in [0.25, 0.3) is 11.4 Å². The average Bonchev–Trinajstić information content (AvgIpc) is 2.20. The lowest BCUT2D eigenvalue weighted by molar-refractivity contribution is -0.663. The van der Waals surface area contributed by atoms with Gasteiger partial charge in [-0.3, -0.25) is 0 Å². The third-order valence-corrected chi connectivity index (χ3v) is 2.55. The van der Waals surface area contributed by atoms with Crippen molar-refractivity contribution in [2.75, 3.05) is 0 Å². The fourth-order valence-corrected chi connectivity index (χ4v) is 1.77. The summed E-state index contributed by atoms with van der Waals surface area (Å²) in [6.45, 7) is 4.23. The van der Waals surface area contributed by atoms with Crippen molar-refractivity contribution in [2.45, 2.75) is 13.8 Å². The smallest absolute Gasteiger partial charge is 0.233 e. The van der Waals surface area contributed by atoms with E-state index in [-0.39, 0.29) is 0 Å². The number of hydrogen-bond acceptors (Lipinski definition) is 1. The standard InChI is InChI=1S/C13H15N2/c1-10-5-6-12(11(2)9-10)13-14-7-4-8-15(13)3/h4-9H,1-3H3/q+1. The van der Waals surface area contributed by atoms with Crippen LogP contribution in [-0.4, -0.2) is 4.98 Å². The van der Waals surface area contributed by atoms with Crippen molar-refractivity contribution in [1.82, 2.24) is 4.98 Å². The summed E-state index contributed by atoms with van der Waals surface area (Å²) in [5.41, 5.74) is 3.75. The first-order valence-corrected chi connectivity index (χ1v) is 5.07. The molecule has 0 N–H and O–H groups in total. The van der Waals surface area contributed by atoms with Crippen LogP contribution in [0.3, 0.4) is 0 Å². The highest BCUT2D eigenvalue weighted by molar-refractivity contribution is 5.57. The molecule has 1 aromatic heterocycles. The van der Waals surface area contributed by atoms with E-state index in [2.05, 4.69) is 37.0 Å². The van der Waals surface area contributed by atoms with Crippen LogP contribution in [0.4, 0.5) is 0 Å². The van der Waals surface area contributed by atoms with Crippen molar-refractivity contribution in [3.8, 4) is 11.4 Å². The minimum atomic E-state index is 1.01. The molecule has 2 nitrogen and oxygen atoms in total. The van der Waals surface area contributed by atoms with E-state index in [0.717, 1.165) is 5.82 Å². The van der Waals surface area contributed by atoms with Gasteiger partial charge in [0.2, 0.25) is 0 Å². The summed E-state index contributed by atoms with van der Waals surface area (Å²) in [6, 6.07) is 8.38. The number of rotatable bonds is 1. The van der Waals surface area contributed by atoms with Gasteiger partial charge in [-0.1, -0.05) is 17.7 Å². The summed E-state index contributed by atoms with van der Waals surface area (Å²) in [4.78, 5) is 4.40. The van der Waals surface area contributed by atoms with Crippen LogP contribution in [0.5, 0.6) is 0 Å². The van der Waals surface area contributed by atoms with Crippen molar-refractivity contribution < 1.29 is 4.57 Å². The Morgan fingerprint density at radius 2 is 2.00 bits per heavy atom. The molecule has 0 amide bonds. The van der Waals surface area contributed by atoms with Crippen LogP contribution in [0.15, 0.2) is 36.7 Å². The van der Waals surface area contributed by atoms with Crippen molar-refractivity contribution in [3.05, 3.63) is 47.8 Å². The maximum atomic E-state index is 4.40. The Hall–Kier alpha value is -1.70. The molecule has 2 heteroatoms. The number of benzene rings is 1. The van der Waals surface area contributed by atoms with E-state index in [1.54, 1.807) is 0 Å². The first kappa shape index (κ1) is 9.84. The van der Waals surface area contributed by atoms with E-state index in [4.69, 9.17) is 0 Å². The van der Waals surface area contributed by atoms with Gasteiger partial charge in [-0.2, -0.15) is 0 Å². The van der Waals surface area contributed by atoms with Crippen LogP contribution in [-0.2, 0) is 7.05 Å². The highest BCUT2D eigenvalue weighted by atomic mass is 15.0. The molecular formula is C13H15N2+. The third kappa shape index (κ3) is 1.89. The van der Waals surface area contributed by atoms with E-state index in [9.17, 15) is 0 Å². The minimum absolute atomic E-state index is 1.01. The number of nitrogens with zero attached hydrogens (tertiary/aromatic N) is 2. The zero-order valence-corrected chi connectivity index (χ0v) is 9.36. The molecule has 0 unspecified atom stereocenters. The molecule has 0 aliphatic rings. The first-order chi connectivity index (χ1) is 7.18. The lowest BCUT2D eigenvalue weighted by Gasteiger charge is -2.03. The largest absolute Gasteiger partial charge is 0.330 e. The van der Waals surface area contributed by atoms with Gasteiger partial charge in [0.1, 0.15) is 6.20 Å². The van der Waals surface area contributed by atoms with Crippen LogP contribution >= 0.6 is 0 Å². The monoisotopic (exact) mass is 199 g/mol. The van der Waals surface area contributed by atoms with Crippen LogP contribution in [0.1, 0.15) is 11.1 Å². The van der Waals surface area contributed by atoms with Gasteiger partial charge in [-0.05, 0) is 30.5 Å². The molecule has 0 saturated heterocycles. The summed E-state index contributed by atoms with van der Waals surface area (Å²) in [7, 11) is 2.02. The molecule has 15 heavy (non-hydrogen) atoms. The number of aryl methyl sites for hydroxylation is 3. The molecule has 1 heterocycles. The summed E-state index contributed by atoms with van der Waals surface area (Å²) < 4.78 is 2.04. The van der Waals surface area contributed by atoms with Gasteiger partial charge in [-0.15, -0.1) is 0 Å². The van der Waals surface area contributed by atoms with Gasteiger partial charge >= 0.3 is 5.82 Å². The molecular weight excluding hydrogens is 184 g/mol. The predicted octanol–water partition coefficient (Wildman–Crippen LogP) is 2.19. The molecule has 0 fully saturated rings. The Bertz CT molecular complexity index is 490. The SMILES string of the molecule is Cc1ccc(-c2nccc[n+]2C)c(C)c1. The van der Waals surface area contributed by atoms with E-state index in [0.29, 0.717) is 0 Å². The summed E-state index contributed by atoms with van der Waals surface area (Å²) in [5, 5.41) is 0. The molecule has 0 aliphatic carbocycles. The Balaban J connectivity index is 2.60. The Kier molecular flexibility index (Phi) is 2.50. The van der Waals surface area contributed by atoms with E-state index in [1.165, 1.54) is 16.7 Å². The maximum Gasteiger partial charge on any atom is 0.330 e. The summed E-state index contributed by atoms with van der Waals surface area (Å²) >= 11 is 0. The fourth-order valence-electron chi connectivity index (χ4n) is 1.77. The second-order valence-electron chi connectivity index (χ2n) is 3.87.